The van der Waals surface area contributed by atoms with Gasteiger partial charge in [0.05, 0.1) is 23.9 Å². The van der Waals surface area contributed by atoms with Crippen molar-refractivity contribution in [3.63, 3.8) is 0 Å². The van der Waals surface area contributed by atoms with Crippen LogP contribution in [0.1, 0.15) is 10.4 Å². The lowest BCUT2D eigenvalue weighted by atomic mass is 10.2. The Morgan fingerprint density at radius 3 is 2.18 bits per heavy atom. The number of hydrogen-bond donors (Lipinski definition) is 2. The normalized spacial score (nSPS) is 10.9. The number of pyridine rings is 1. The number of sulfonamides is 1. The lowest BCUT2D eigenvalue weighted by Crippen LogP contribution is -2.15. The molecular weight excluding hydrogens is 402 g/mol. The highest BCUT2D eigenvalue weighted by molar-refractivity contribution is 7.92. The van der Waals surface area contributed by atoms with Gasteiger partial charge in [-0.15, -0.1) is 0 Å². The first-order chi connectivity index (χ1) is 13.4. The molecular formula is C19H16ClN3O4S. The van der Waals surface area contributed by atoms with Crippen LogP contribution in [-0.2, 0) is 10.0 Å². The fourth-order valence-corrected chi connectivity index (χ4v) is 3.48. The van der Waals surface area contributed by atoms with Gasteiger partial charge < -0.3 is 10.1 Å². The van der Waals surface area contributed by atoms with Gasteiger partial charge in [-0.2, -0.15) is 0 Å². The Bertz CT molecular complexity index is 1070. The molecule has 0 saturated heterocycles. The van der Waals surface area contributed by atoms with Crippen molar-refractivity contribution >= 4 is 38.9 Å². The van der Waals surface area contributed by atoms with Crippen LogP contribution in [0.2, 0.25) is 5.02 Å². The molecule has 0 radical (unpaired) electrons. The van der Waals surface area contributed by atoms with Crippen LogP contribution in [0.3, 0.4) is 0 Å². The van der Waals surface area contributed by atoms with Crippen molar-refractivity contribution in [1.82, 2.24) is 4.98 Å². The van der Waals surface area contributed by atoms with Gasteiger partial charge >= 0.3 is 0 Å². The summed E-state index contributed by atoms with van der Waals surface area (Å²) in [6.07, 6.45) is 1.46. The maximum absolute atomic E-state index is 12.5. The molecule has 0 aliphatic heterocycles. The average Bonchev–Trinajstić information content (AvgIpc) is 2.70. The number of hydrogen-bond acceptors (Lipinski definition) is 5. The molecule has 9 heteroatoms. The van der Waals surface area contributed by atoms with Gasteiger partial charge in [-0.3, -0.25) is 9.52 Å². The zero-order valence-corrected chi connectivity index (χ0v) is 16.3. The zero-order chi connectivity index (χ0) is 20.1. The summed E-state index contributed by atoms with van der Waals surface area (Å²) in [6.45, 7) is 0. The Balaban J connectivity index is 1.70. The van der Waals surface area contributed by atoms with Gasteiger partial charge in [0, 0.05) is 22.3 Å². The maximum Gasteiger partial charge on any atom is 0.261 e. The van der Waals surface area contributed by atoms with Gasteiger partial charge in [-0.05, 0) is 54.6 Å². The van der Waals surface area contributed by atoms with Gasteiger partial charge in [0.1, 0.15) is 0 Å². The van der Waals surface area contributed by atoms with Crippen LogP contribution in [0, 0.1) is 0 Å². The number of ether oxygens (including phenoxy) is 1. The lowest BCUT2D eigenvalue weighted by Gasteiger charge is -2.09. The molecule has 144 valence electrons. The van der Waals surface area contributed by atoms with Crippen LogP contribution in [0.25, 0.3) is 0 Å². The van der Waals surface area contributed by atoms with Crippen molar-refractivity contribution in [3.8, 4) is 5.88 Å². The second kappa shape index (κ2) is 8.28. The van der Waals surface area contributed by atoms with Crippen LogP contribution < -0.4 is 14.8 Å². The van der Waals surface area contributed by atoms with Crippen molar-refractivity contribution in [2.24, 2.45) is 0 Å². The molecule has 0 saturated carbocycles. The Kier molecular flexibility index (Phi) is 5.81. The topological polar surface area (TPSA) is 97.4 Å². The molecule has 0 aliphatic rings. The fourth-order valence-electron chi connectivity index (χ4n) is 2.30. The molecule has 1 amide bonds. The number of rotatable bonds is 6. The minimum Gasteiger partial charge on any atom is -0.481 e. The molecule has 3 aromatic rings. The summed E-state index contributed by atoms with van der Waals surface area (Å²) < 4.78 is 32.3. The molecule has 0 atom stereocenters. The molecule has 0 fully saturated rings. The molecule has 0 aliphatic carbocycles. The van der Waals surface area contributed by atoms with Gasteiger partial charge in [0.2, 0.25) is 5.88 Å². The van der Waals surface area contributed by atoms with E-state index in [1.54, 1.807) is 36.4 Å². The number of halogens is 1. The first kappa shape index (κ1) is 19.7. The SMILES string of the molecule is COc1ccc(NC(=O)c2ccc(S(=O)(=O)Nc3ccc(Cl)cc3)cc2)cn1. The Labute approximate surface area is 167 Å². The zero-order valence-electron chi connectivity index (χ0n) is 14.7. The van der Waals surface area contributed by atoms with E-state index in [-0.39, 0.29) is 10.8 Å². The van der Waals surface area contributed by atoms with Crippen LogP contribution in [-0.4, -0.2) is 26.4 Å². The Morgan fingerprint density at radius 1 is 0.964 bits per heavy atom. The predicted octanol–water partition coefficient (Wildman–Crippen LogP) is 3.80. The van der Waals surface area contributed by atoms with E-state index in [4.69, 9.17) is 16.3 Å². The minimum absolute atomic E-state index is 0.0325. The Morgan fingerprint density at radius 2 is 1.61 bits per heavy atom. The maximum atomic E-state index is 12.5. The first-order valence-corrected chi connectivity index (χ1v) is 9.93. The summed E-state index contributed by atoms with van der Waals surface area (Å²) in [6, 6.07) is 15.1. The van der Waals surface area contributed by atoms with Gasteiger partial charge in [0.15, 0.2) is 0 Å². The lowest BCUT2D eigenvalue weighted by molar-refractivity contribution is 0.102. The van der Waals surface area contributed by atoms with E-state index in [0.29, 0.717) is 27.8 Å². The van der Waals surface area contributed by atoms with E-state index in [1.807, 2.05) is 0 Å². The number of carbonyl (C=O) groups is 1. The van der Waals surface area contributed by atoms with Crippen molar-refractivity contribution in [1.29, 1.82) is 0 Å². The van der Waals surface area contributed by atoms with Crippen molar-refractivity contribution in [2.75, 3.05) is 17.1 Å². The summed E-state index contributed by atoms with van der Waals surface area (Å²) in [5.41, 5.74) is 1.19. The van der Waals surface area contributed by atoms with Crippen LogP contribution in [0.4, 0.5) is 11.4 Å². The highest BCUT2D eigenvalue weighted by atomic mass is 35.5. The number of nitrogens with zero attached hydrogens (tertiary/aromatic N) is 1. The molecule has 3 rings (SSSR count). The molecule has 0 spiro atoms. The van der Waals surface area contributed by atoms with Gasteiger partial charge in [-0.1, -0.05) is 11.6 Å². The second-order valence-corrected chi connectivity index (χ2v) is 7.80. The van der Waals surface area contributed by atoms with Crippen molar-refractivity contribution < 1.29 is 17.9 Å². The van der Waals surface area contributed by atoms with E-state index in [9.17, 15) is 13.2 Å². The average molecular weight is 418 g/mol. The third-order valence-electron chi connectivity index (χ3n) is 3.73. The number of nitrogens with one attached hydrogen (secondary N) is 2. The van der Waals surface area contributed by atoms with E-state index < -0.39 is 10.0 Å². The molecule has 2 aromatic carbocycles. The van der Waals surface area contributed by atoms with E-state index in [0.717, 1.165) is 0 Å². The predicted molar refractivity (Wildman–Crippen MR) is 107 cm³/mol. The number of benzene rings is 2. The molecule has 7 nitrogen and oxygen atoms in total. The number of anilines is 2. The number of methoxy groups -OCH3 is 1. The van der Waals surface area contributed by atoms with Gasteiger partial charge in [0.25, 0.3) is 15.9 Å². The van der Waals surface area contributed by atoms with Crippen molar-refractivity contribution in [2.45, 2.75) is 4.90 Å². The highest BCUT2D eigenvalue weighted by Crippen LogP contribution is 2.19. The van der Waals surface area contributed by atoms with Crippen LogP contribution in [0.5, 0.6) is 5.88 Å². The quantitative estimate of drug-likeness (QED) is 0.635. The molecule has 1 heterocycles. The molecule has 0 bridgehead atoms. The third-order valence-corrected chi connectivity index (χ3v) is 5.38. The Hall–Kier alpha value is -3.10. The van der Waals surface area contributed by atoms with Crippen LogP contribution in [0.15, 0.2) is 71.8 Å². The largest absolute Gasteiger partial charge is 0.481 e. The van der Waals surface area contributed by atoms with Crippen molar-refractivity contribution in [3.05, 3.63) is 77.4 Å². The number of carbonyl (C=O) groups excluding carboxylic acids is 1. The van der Waals surface area contributed by atoms with Crippen LogP contribution >= 0.6 is 11.6 Å². The fraction of sp³-hybridized carbons (Fsp3) is 0.0526. The minimum atomic E-state index is -3.78. The second-order valence-electron chi connectivity index (χ2n) is 5.68. The standard InChI is InChI=1S/C19H16ClN3O4S/c1-27-18-11-8-16(12-21-18)22-19(24)13-2-9-17(10-3-13)28(25,26)23-15-6-4-14(20)5-7-15/h2-12,23H,1H3,(H,22,24). The summed E-state index contributed by atoms with van der Waals surface area (Å²) in [5.74, 6) is 0.0438. The highest BCUT2D eigenvalue weighted by Gasteiger charge is 2.15. The number of aromatic nitrogens is 1. The van der Waals surface area contributed by atoms with E-state index in [2.05, 4.69) is 15.0 Å². The summed E-state index contributed by atoms with van der Waals surface area (Å²) in [5, 5.41) is 3.18. The molecule has 2 N–H and O–H groups in total. The monoisotopic (exact) mass is 417 g/mol. The number of amides is 1. The molecule has 1 aromatic heterocycles. The first-order valence-electron chi connectivity index (χ1n) is 8.07. The summed E-state index contributed by atoms with van der Waals surface area (Å²) in [7, 11) is -2.29. The molecule has 0 unspecified atom stereocenters. The van der Waals surface area contributed by atoms with E-state index in [1.165, 1.54) is 37.6 Å². The third kappa shape index (κ3) is 4.79. The summed E-state index contributed by atoms with van der Waals surface area (Å²) in [4.78, 5) is 16.3. The van der Waals surface area contributed by atoms with E-state index >= 15 is 0 Å². The van der Waals surface area contributed by atoms with Gasteiger partial charge in [-0.25, -0.2) is 13.4 Å². The summed E-state index contributed by atoms with van der Waals surface area (Å²) >= 11 is 5.79. The smallest absolute Gasteiger partial charge is 0.261 e. The molecule has 28 heavy (non-hydrogen) atoms.